The first kappa shape index (κ1) is 35.3. The van der Waals surface area contributed by atoms with Crippen LogP contribution in [-0.2, 0) is 0 Å². The van der Waals surface area contributed by atoms with Crippen molar-refractivity contribution in [1.29, 1.82) is 0 Å². The molecular weight excluding hydrogens is 765 g/mol. The zero-order valence-corrected chi connectivity index (χ0v) is 34.2. The topological polar surface area (TPSA) is 56.7 Å². The predicted octanol–water partition coefficient (Wildman–Crippen LogP) is 15.6. The Morgan fingerprint density at radius 3 is 1.87 bits per heavy atom. The fourth-order valence-corrected chi connectivity index (χ4v) is 10.2. The van der Waals surface area contributed by atoms with Crippen LogP contribution in [0, 0.1) is 0 Å². The Kier molecular flexibility index (Phi) is 8.08. The third-order valence-electron chi connectivity index (χ3n) is 11.8. The molecule has 0 saturated carbocycles. The number of furan rings is 1. The number of fused-ring (bicyclic) bond motifs is 12. The summed E-state index contributed by atoms with van der Waals surface area (Å²) >= 11 is 1.84. The van der Waals surface area contributed by atoms with E-state index in [1.165, 1.54) is 20.2 Å². The summed E-state index contributed by atoms with van der Waals surface area (Å²) < 4.78 is 11.2. The molecule has 4 aromatic heterocycles. The first-order valence-electron chi connectivity index (χ1n) is 20.8. The van der Waals surface area contributed by atoms with Gasteiger partial charge in [-0.15, -0.1) is 11.3 Å². The first-order chi connectivity index (χ1) is 30.2. The van der Waals surface area contributed by atoms with Crippen LogP contribution in [0.1, 0.15) is 13.8 Å². The monoisotopic (exact) mass is 800 g/mol. The van der Waals surface area contributed by atoms with Gasteiger partial charge in [0, 0.05) is 63.8 Å². The van der Waals surface area contributed by atoms with Crippen LogP contribution in [0.2, 0.25) is 0 Å². The number of thiophene rings is 1. The minimum Gasteiger partial charge on any atom is -0.456 e. The Morgan fingerprint density at radius 2 is 1.00 bits per heavy atom. The van der Waals surface area contributed by atoms with E-state index in [1.807, 2.05) is 43.4 Å². The Hall–Kier alpha value is -7.67. The van der Waals surface area contributed by atoms with Crippen molar-refractivity contribution in [3.05, 3.63) is 182 Å². The van der Waals surface area contributed by atoms with Gasteiger partial charge in [0.1, 0.15) is 11.2 Å². The molecule has 9 aromatic carbocycles. The second-order valence-corrected chi connectivity index (χ2v) is 16.3. The minimum atomic E-state index is 0.550. The van der Waals surface area contributed by atoms with Crippen molar-refractivity contribution in [2.24, 2.45) is 0 Å². The molecule has 0 spiro atoms. The SMILES string of the molecule is CC.c1ccc2cc(-c3nc(-c4ccc5c(c4)oc4ccccc45)nc(-n4c5c(-c6ccc7sc8ccccc8c7c6)cccc5c5ccc6ccccc6c54)n3)ccc2c1. The number of benzene rings is 9. The van der Waals surface area contributed by atoms with Crippen LogP contribution in [-0.4, -0.2) is 19.5 Å². The van der Waals surface area contributed by atoms with Crippen molar-refractivity contribution in [2.75, 3.05) is 0 Å². The molecule has 4 heterocycles. The number of rotatable bonds is 4. The fraction of sp³-hybridized carbons (Fsp3) is 0.0364. The van der Waals surface area contributed by atoms with Gasteiger partial charge in [0.2, 0.25) is 5.95 Å². The number of aromatic nitrogens is 4. The van der Waals surface area contributed by atoms with E-state index in [4.69, 9.17) is 19.4 Å². The lowest BCUT2D eigenvalue weighted by atomic mass is 9.99. The number of hydrogen-bond donors (Lipinski definition) is 0. The highest BCUT2D eigenvalue weighted by Gasteiger charge is 2.23. The summed E-state index contributed by atoms with van der Waals surface area (Å²) in [4.78, 5) is 16.1. The molecule has 288 valence electrons. The second kappa shape index (κ2) is 14.0. The van der Waals surface area contributed by atoms with Crippen LogP contribution >= 0.6 is 11.3 Å². The van der Waals surface area contributed by atoms with E-state index in [0.717, 1.165) is 87.5 Å². The van der Waals surface area contributed by atoms with Crippen molar-refractivity contribution < 1.29 is 4.42 Å². The maximum Gasteiger partial charge on any atom is 0.238 e. The van der Waals surface area contributed by atoms with Gasteiger partial charge in [-0.3, -0.25) is 4.57 Å². The van der Waals surface area contributed by atoms with Gasteiger partial charge in [-0.05, 0) is 64.2 Å². The van der Waals surface area contributed by atoms with Gasteiger partial charge < -0.3 is 4.42 Å². The maximum absolute atomic E-state index is 6.38. The number of para-hydroxylation sites is 2. The lowest BCUT2D eigenvalue weighted by Gasteiger charge is -2.14. The molecule has 0 saturated heterocycles. The standard InChI is InChI=1S/C53H30N4OS.C2H6/c1-2-12-33-28-35(21-20-31(33)10-1)51-54-52(36-23-25-40-39-14-5-7-18-45(39)58-46(40)30-36)56-53(55-51)57-49-37-13-4-3-11-32(37)22-26-43(49)42-17-9-16-38(50(42)57)34-24-27-48-44(29-34)41-15-6-8-19-47(41)59-48;1-2/h1-30H;1-2H3. The van der Waals surface area contributed by atoms with Crippen molar-refractivity contribution in [2.45, 2.75) is 13.8 Å². The van der Waals surface area contributed by atoms with Crippen LogP contribution < -0.4 is 0 Å². The molecule has 5 nitrogen and oxygen atoms in total. The highest BCUT2D eigenvalue weighted by atomic mass is 32.1. The average Bonchev–Trinajstić information content (AvgIpc) is 4.01. The van der Waals surface area contributed by atoms with Crippen molar-refractivity contribution >= 4 is 96.8 Å². The van der Waals surface area contributed by atoms with E-state index in [-0.39, 0.29) is 0 Å². The largest absolute Gasteiger partial charge is 0.456 e. The first-order valence-corrected chi connectivity index (χ1v) is 21.6. The molecule has 0 atom stereocenters. The van der Waals surface area contributed by atoms with E-state index in [1.54, 1.807) is 0 Å². The molecule has 0 bridgehead atoms. The summed E-state index contributed by atoms with van der Waals surface area (Å²) in [6, 6.07) is 64.5. The molecule has 0 fully saturated rings. The molecule has 6 heteroatoms. The average molecular weight is 801 g/mol. The second-order valence-electron chi connectivity index (χ2n) is 15.2. The van der Waals surface area contributed by atoms with Crippen molar-refractivity contribution in [3.63, 3.8) is 0 Å². The molecule has 61 heavy (non-hydrogen) atoms. The Balaban J connectivity index is 0.00000197. The van der Waals surface area contributed by atoms with Gasteiger partial charge in [0.15, 0.2) is 11.6 Å². The van der Waals surface area contributed by atoms with Gasteiger partial charge in [-0.2, -0.15) is 9.97 Å². The summed E-state index contributed by atoms with van der Waals surface area (Å²) in [6.07, 6.45) is 0. The lowest BCUT2D eigenvalue weighted by molar-refractivity contribution is 0.669. The van der Waals surface area contributed by atoms with Crippen LogP contribution in [0.4, 0.5) is 0 Å². The van der Waals surface area contributed by atoms with Crippen LogP contribution in [0.5, 0.6) is 0 Å². The quantitative estimate of drug-likeness (QED) is 0.178. The molecule has 0 N–H and O–H groups in total. The third kappa shape index (κ3) is 5.57. The molecule has 13 aromatic rings. The molecule has 0 aliphatic carbocycles. The van der Waals surface area contributed by atoms with E-state index < -0.39 is 0 Å². The van der Waals surface area contributed by atoms with E-state index >= 15 is 0 Å². The smallest absolute Gasteiger partial charge is 0.238 e. The Labute approximate surface area is 354 Å². The van der Waals surface area contributed by atoms with Crippen LogP contribution in [0.25, 0.3) is 125 Å². The molecule has 0 aliphatic rings. The summed E-state index contributed by atoms with van der Waals surface area (Å²) in [6.45, 7) is 4.00. The number of hydrogen-bond acceptors (Lipinski definition) is 5. The molecule has 0 aliphatic heterocycles. The normalized spacial score (nSPS) is 11.8. The van der Waals surface area contributed by atoms with E-state index in [9.17, 15) is 0 Å². The molecule has 0 amide bonds. The third-order valence-corrected chi connectivity index (χ3v) is 13.0. The van der Waals surface area contributed by atoms with E-state index in [2.05, 4.69) is 168 Å². The lowest BCUT2D eigenvalue weighted by Crippen LogP contribution is -2.07. The highest BCUT2D eigenvalue weighted by molar-refractivity contribution is 7.25. The van der Waals surface area contributed by atoms with Gasteiger partial charge in [-0.1, -0.05) is 153 Å². The minimum absolute atomic E-state index is 0.550. The van der Waals surface area contributed by atoms with Gasteiger partial charge >= 0.3 is 0 Å². The predicted molar refractivity (Wildman–Crippen MR) is 257 cm³/mol. The maximum atomic E-state index is 6.38. The van der Waals surface area contributed by atoms with Crippen molar-refractivity contribution in [1.82, 2.24) is 19.5 Å². The molecular formula is C55H36N4OS. The Morgan fingerprint density at radius 1 is 0.393 bits per heavy atom. The molecule has 13 rings (SSSR count). The summed E-state index contributed by atoms with van der Waals surface area (Å²) in [5, 5.41) is 11.5. The zero-order chi connectivity index (χ0) is 40.6. The summed E-state index contributed by atoms with van der Waals surface area (Å²) in [5.74, 6) is 1.72. The fourth-order valence-electron chi connectivity index (χ4n) is 9.07. The van der Waals surface area contributed by atoms with E-state index in [0.29, 0.717) is 17.6 Å². The van der Waals surface area contributed by atoms with Crippen LogP contribution in [0.15, 0.2) is 186 Å². The van der Waals surface area contributed by atoms with Crippen molar-refractivity contribution in [3.8, 4) is 39.9 Å². The number of nitrogens with zero attached hydrogens (tertiary/aromatic N) is 4. The van der Waals surface area contributed by atoms with Gasteiger partial charge in [0.05, 0.1) is 11.0 Å². The van der Waals surface area contributed by atoms with Crippen LogP contribution in [0.3, 0.4) is 0 Å². The highest BCUT2D eigenvalue weighted by Crippen LogP contribution is 2.43. The molecule has 0 radical (unpaired) electrons. The summed E-state index contributed by atoms with van der Waals surface area (Å²) in [7, 11) is 0. The Bertz CT molecular complexity index is 3870. The van der Waals surface area contributed by atoms with Gasteiger partial charge in [0.25, 0.3) is 0 Å². The summed E-state index contributed by atoms with van der Waals surface area (Å²) in [5.41, 5.74) is 7.76. The zero-order valence-electron chi connectivity index (χ0n) is 33.4. The molecule has 0 unspecified atom stereocenters. The van der Waals surface area contributed by atoms with Gasteiger partial charge in [-0.25, -0.2) is 4.98 Å².